The molecule has 1 saturated heterocycles. The number of aliphatic hydroxyl groups is 1. The summed E-state index contributed by atoms with van der Waals surface area (Å²) in [6, 6.07) is 7.49. The third-order valence-corrected chi connectivity index (χ3v) is 3.82. The van der Waals surface area contributed by atoms with E-state index in [9.17, 15) is 10.4 Å². The van der Waals surface area contributed by atoms with Crippen LogP contribution in [0.15, 0.2) is 18.2 Å². The van der Waals surface area contributed by atoms with Crippen molar-refractivity contribution in [1.82, 2.24) is 0 Å². The van der Waals surface area contributed by atoms with Crippen LogP contribution in [-0.2, 0) is 4.74 Å². The van der Waals surface area contributed by atoms with Crippen molar-refractivity contribution in [2.24, 2.45) is 5.41 Å². The molecule has 1 fully saturated rings. The topological polar surface area (TPSA) is 71.7 Å². The van der Waals surface area contributed by atoms with Gasteiger partial charge in [0, 0.05) is 19.3 Å². The molecule has 1 aliphatic heterocycles. The lowest BCUT2D eigenvalue weighted by atomic mass is 9.74. The number of ether oxygens (including phenoxy) is 3. The smallest absolute Gasteiger partial charge is 0.122 e. The molecule has 0 aliphatic carbocycles. The maximum Gasteiger partial charge on any atom is 0.122 e. The Morgan fingerprint density at radius 2 is 1.75 bits per heavy atom. The van der Waals surface area contributed by atoms with Crippen molar-refractivity contribution in [3.05, 3.63) is 23.8 Å². The fourth-order valence-corrected chi connectivity index (χ4v) is 2.49. The summed E-state index contributed by atoms with van der Waals surface area (Å²) in [5.74, 6) is 1.19. The maximum absolute atomic E-state index is 10.6. The molecule has 0 bridgehead atoms. The number of benzene rings is 1. The van der Waals surface area contributed by atoms with E-state index >= 15 is 0 Å². The van der Waals surface area contributed by atoms with Crippen LogP contribution in [0, 0.1) is 16.7 Å². The first kappa shape index (κ1) is 14.6. The minimum atomic E-state index is -0.889. The van der Waals surface area contributed by atoms with Crippen molar-refractivity contribution in [1.29, 1.82) is 5.26 Å². The predicted molar refractivity (Wildman–Crippen MR) is 72.6 cm³/mol. The summed E-state index contributed by atoms with van der Waals surface area (Å²) in [6.07, 6.45) is 0.148. The van der Waals surface area contributed by atoms with Gasteiger partial charge < -0.3 is 19.3 Å². The highest BCUT2D eigenvalue weighted by Gasteiger charge is 2.41. The van der Waals surface area contributed by atoms with Crippen LogP contribution in [0.25, 0.3) is 0 Å². The van der Waals surface area contributed by atoms with Crippen LogP contribution in [0.1, 0.15) is 24.5 Å². The van der Waals surface area contributed by atoms with Gasteiger partial charge in [0.05, 0.1) is 31.8 Å². The van der Waals surface area contributed by atoms with Crippen LogP contribution < -0.4 is 9.47 Å². The Bertz CT molecular complexity index is 481. The van der Waals surface area contributed by atoms with E-state index in [2.05, 4.69) is 6.07 Å². The fourth-order valence-electron chi connectivity index (χ4n) is 2.49. The molecular weight excluding hydrogens is 258 g/mol. The standard InChI is InChI=1S/C15H19NO4/c1-18-12-7-11(8-13(9-12)19-2)14(17)15(10-16)3-5-20-6-4-15/h7-9,14,17H,3-6H2,1-2H3. The molecule has 2 rings (SSSR count). The van der Waals surface area contributed by atoms with Gasteiger partial charge in [-0.2, -0.15) is 5.26 Å². The van der Waals surface area contributed by atoms with Gasteiger partial charge in [-0.15, -0.1) is 0 Å². The average molecular weight is 277 g/mol. The third-order valence-electron chi connectivity index (χ3n) is 3.82. The summed E-state index contributed by atoms with van der Waals surface area (Å²) in [4.78, 5) is 0. The number of nitriles is 1. The molecule has 1 unspecified atom stereocenters. The first-order chi connectivity index (χ1) is 9.65. The number of hydrogen-bond donors (Lipinski definition) is 1. The Balaban J connectivity index is 2.36. The number of rotatable bonds is 4. The van der Waals surface area contributed by atoms with E-state index in [4.69, 9.17) is 14.2 Å². The van der Waals surface area contributed by atoms with Crippen molar-refractivity contribution in [2.75, 3.05) is 27.4 Å². The summed E-state index contributed by atoms with van der Waals surface area (Å²) in [6.45, 7) is 0.984. The van der Waals surface area contributed by atoms with Crippen LogP contribution in [0.3, 0.4) is 0 Å². The Kier molecular flexibility index (Phi) is 4.48. The fraction of sp³-hybridized carbons (Fsp3) is 0.533. The van der Waals surface area contributed by atoms with Gasteiger partial charge in [-0.3, -0.25) is 0 Å². The first-order valence-electron chi connectivity index (χ1n) is 6.55. The highest BCUT2D eigenvalue weighted by atomic mass is 16.5. The second-order valence-electron chi connectivity index (χ2n) is 4.93. The van der Waals surface area contributed by atoms with E-state index in [1.165, 1.54) is 0 Å². The molecule has 0 amide bonds. The van der Waals surface area contributed by atoms with Crippen molar-refractivity contribution >= 4 is 0 Å². The lowest BCUT2D eigenvalue weighted by molar-refractivity contribution is -0.0311. The Morgan fingerprint density at radius 1 is 1.20 bits per heavy atom. The highest BCUT2D eigenvalue weighted by molar-refractivity contribution is 5.40. The zero-order valence-corrected chi connectivity index (χ0v) is 11.8. The third kappa shape index (κ3) is 2.72. The number of aliphatic hydroxyl groups excluding tert-OH is 1. The van der Waals surface area contributed by atoms with Crippen molar-refractivity contribution in [2.45, 2.75) is 18.9 Å². The molecule has 0 spiro atoms. The van der Waals surface area contributed by atoms with Crippen LogP contribution >= 0.6 is 0 Å². The van der Waals surface area contributed by atoms with Gasteiger partial charge in [0.15, 0.2) is 0 Å². The summed E-state index contributed by atoms with van der Waals surface area (Å²) in [5, 5.41) is 20.1. The molecule has 1 heterocycles. The van der Waals surface area contributed by atoms with E-state index in [0.29, 0.717) is 43.1 Å². The minimum absolute atomic E-state index is 0.492. The summed E-state index contributed by atoms with van der Waals surface area (Å²) in [7, 11) is 3.11. The van der Waals surface area contributed by atoms with Crippen LogP contribution in [0.4, 0.5) is 0 Å². The molecule has 1 N–H and O–H groups in total. The Hall–Kier alpha value is -1.77. The molecule has 1 aromatic rings. The number of nitrogens with zero attached hydrogens (tertiary/aromatic N) is 1. The van der Waals surface area contributed by atoms with E-state index in [-0.39, 0.29) is 0 Å². The quantitative estimate of drug-likeness (QED) is 0.912. The number of methoxy groups -OCH3 is 2. The average Bonchev–Trinajstić information content (AvgIpc) is 2.54. The maximum atomic E-state index is 10.6. The van der Waals surface area contributed by atoms with Gasteiger partial charge in [0.2, 0.25) is 0 Å². The van der Waals surface area contributed by atoms with Crippen molar-refractivity contribution in [3.8, 4) is 17.6 Å². The van der Waals surface area contributed by atoms with E-state index in [1.54, 1.807) is 32.4 Å². The second kappa shape index (κ2) is 6.12. The van der Waals surface area contributed by atoms with Gasteiger partial charge in [-0.25, -0.2) is 0 Å². The van der Waals surface area contributed by atoms with Gasteiger partial charge in [0.25, 0.3) is 0 Å². The predicted octanol–water partition coefficient (Wildman–Crippen LogP) is 2.06. The van der Waals surface area contributed by atoms with Gasteiger partial charge in [-0.1, -0.05) is 0 Å². The summed E-state index contributed by atoms with van der Waals surface area (Å²) in [5.41, 5.74) is -0.181. The highest BCUT2D eigenvalue weighted by Crippen LogP contribution is 2.43. The SMILES string of the molecule is COc1cc(OC)cc(C(O)C2(C#N)CCOCC2)c1. The Labute approximate surface area is 118 Å². The Morgan fingerprint density at radius 3 is 2.20 bits per heavy atom. The van der Waals surface area contributed by atoms with E-state index in [1.807, 2.05) is 0 Å². The molecule has 108 valence electrons. The molecule has 0 aromatic heterocycles. The van der Waals surface area contributed by atoms with Gasteiger partial charge in [0.1, 0.15) is 11.5 Å². The van der Waals surface area contributed by atoms with Crippen molar-refractivity contribution in [3.63, 3.8) is 0 Å². The molecular formula is C15H19NO4. The monoisotopic (exact) mass is 277 g/mol. The van der Waals surface area contributed by atoms with E-state index in [0.717, 1.165) is 0 Å². The van der Waals surface area contributed by atoms with Crippen LogP contribution in [0.2, 0.25) is 0 Å². The molecule has 0 radical (unpaired) electrons. The molecule has 5 nitrogen and oxygen atoms in total. The van der Waals surface area contributed by atoms with Crippen LogP contribution in [0.5, 0.6) is 11.5 Å². The van der Waals surface area contributed by atoms with Crippen molar-refractivity contribution < 1.29 is 19.3 Å². The zero-order valence-electron chi connectivity index (χ0n) is 11.8. The molecule has 1 aliphatic rings. The van der Waals surface area contributed by atoms with E-state index < -0.39 is 11.5 Å². The molecule has 1 atom stereocenters. The first-order valence-corrected chi connectivity index (χ1v) is 6.55. The van der Waals surface area contributed by atoms with Gasteiger partial charge in [-0.05, 0) is 30.5 Å². The summed E-state index contributed by atoms with van der Waals surface area (Å²) < 4.78 is 15.7. The normalized spacial score (nSPS) is 18.9. The number of hydrogen-bond acceptors (Lipinski definition) is 5. The zero-order chi connectivity index (χ0) is 14.6. The molecule has 1 aromatic carbocycles. The summed E-state index contributed by atoms with van der Waals surface area (Å²) >= 11 is 0. The molecule has 5 heteroatoms. The lowest BCUT2D eigenvalue weighted by Gasteiger charge is -2.35. The van der Waals surface area contributed by atoms with Crippen LogP contribution in [-0.4, -0.2) is 32.5 Å². The van der Waals surface area contributed by atoms with Gasteiger partial charge >= 0.3 is 0 Å². The second-order valence-corrected chi connectivity index (χ2v) is 4.93. The lowest BCUT2D eigenvalue weighted by Crippen LogP contribution is -2.34. The molecule has 0 saturated carbocycles. The largest absolute Gasteiger partial charge is 0.497 e. The molecule has 20 heavy (non-hydrogen) atoms. The minimum Gasteiger partial charge on any atom is -0.497 e.